The number of hydrogen-bond acceptors (Lipinski definition) is 1. The Balaban J connectivity index is 1.99. The lowest BCUT2D eigenvalue weighted by Crippen LogP contribution is -2.47. The van der Waals surface area contributed by atoms with Gasteiger partial charge in [-0.15, -0.1) is 0 Å². The van der Waals surface area contributed by atoms with Crippen molar-refractivity contribution in [2.45, 2.75) is 19.0 Å². The van der Waals surface area contributed by atoms with Gasteiger partial charge in [-0.2, -0.15) is 0 Å². The highest BCUT2D eigenvalue weighted by Gasteiger charge is 2.41. The van der Waals surface area contributed by atoms with E-state index in [-0.39, 0.29) is 5.54 Å². The van der Waals surface area contributed by atoms with Crippen molar-refractivity contribution in [2.24, 2.45) is 0 Å². The number of benzene rings is 4. The van der Waals surface area contributed by atoms with Gasteiger partial charge in [0.2, 0.25) is 0 Å². The maximum Gasteiger partial charge on any atom is 0.0975 e. The zero-order valence-electron chi connectivity index (χ0n) is 16.9. The molecule has 0 unspecified atom stereocenters. The van der Waals surface area contributed by atoms with Crippen LogP contribution in [-0.2, 0) is 12.1 Å². The molecular formula is C28H27N. The summed E-state index contributed by atoms with van der Waals surface area (Å²) in [5, 5.41) is 0. The van der Waals surface area contributed by atoms with Crippen molar-refractivity contribution in [2.75, 3.05) is 6.54 Å². The van der Waals surface area contributed by atoms with E-state index in [1.807, 2.05) is 0 Å². The molecule has 4 rings (SSSR count). The fraction of sp³-hybridized carbons (Fsp3) is 0.143. The maximum atomic E-state index is 2.59. The zero-order valence-corrected chi connectivity index (χ0v) is 16.9. The molecule has 0 N–H and O–H groups in total. The standard InChI is InChI=1S/C28H27N/c1-2-29(23-24-15-7-3-8-16-24)28(25-17-9-4-10-18-25,26-19-11-5-12-20-26)27-21-13-6-14-22-27/h3-22H,2,23H2,1H3. The van der Waals surface area contributed by atoms with Gasteiger partial charge in [0, 0.05) is 6.54 Å². The Kier molecular flexibility index (Phi) is 5.88. The molecular weight excluding hydrogens is 350 g/mol. The zero-order chi connectivity index (χ0) is 19.9. The molecule has 0 aliphatic heterocycles. The van der Waals surface area contributed by atoms with Crippen LogP contribution >= 0.6 is 0 Å². The van der Waals surface area contributed by atoms with E-state index >= 15 is 0 Å². The summed E-state index contributed by atoms with van der Waals surface area (Å²) in [6, 6.07) is 43.5. The minimum Gasteiger partial charge on any atom is -0.282 e. The maximum absolute atomic E-state index is 2.59. The quantitative estimate of drug-likeness (QED) is 0.332. The molecule has 1 heteroatoms. The van der Waals surface area contributed by atoms with E-state index in [2.05, 4.69) is 133 Å². The van der Waals surface area contributed by atoms with Gasteiger partial charge in [-0.3, -0.25) is 4.90 Å². The predicted octanol–water partition coefficient (Wildman–Crippen LogP) is 6.50. The van der Waals surface area contributed by atoms with E-state index in [9.17, 15) is 0 Å². The lowest BCUT2D eigenvalue weighted by molar-refractivity contribution is 0.156. The lowest BCUT2D eigenvalue weighted by Gasteiger charge is -2.45. The molecule has 0 atom stereocenters. The van der Waals surface area contributed by atoms with Crippen LogP contribution in [0.1, 0.15) is 29.2 Å². The first-order chi connectivity index (χ1) is 14.4. The van der Waals surface area contributed by atoms with E-state index < -0.39 is 0 Å². The van der Waals surface area contributed by atoms with E-state index in [0.717, 1.165) is 13.1 Å². The van der Waals surface area contributed by atoms with Crippen molar-refractivity contribution in [1.29, 1.82) is 0 Å². The molecule has 29 heavy (non-hydrogen) atoms. The van der Waals surface area contributed by atoms with E-state index in [1.54, 1.807) is 0 Å². The lowest BCUT2D eigenvalue weighted by atomic mass is 9.75. The van der Waals surface area contributed by atoms with E-state index in [0.29, 0.717) is 0 Å². The molecule has 0 saturated carbocycles. The molecule has 0 aliphatic rings. The summed E-state index contributed by atoms with van der Waals surface area (Å²) in [6.07, 6.45) is 0. The van der Waals surface area contributed by atoms with Crippen LogP contribution in [0.5, 0.6) is 0 Å². The van der Waals surface area contributed by atoms with Gasteiger partial charge in [-0.1, -0.05) is 128 Å². The van der Waals surface area contributed by atoms with Crippen molar-refractivity contribution in [3.05, 3.63) is 144 Å². The molecule has 0 spiro atoms. The van der Waals surface area contributed by atoms with Gasteiger partial charge in [0.15, 0.2) is 0 Å². The first-order valence-corrected chi connectivity index (χ1v) is 10.3. The Labute approximate surface area is 174 Å². The summed E-state index contributed by atoms with van der Waals surface area (Å²) in [7, 11) is 0. The van der Waals surface area contributed by atoms with Gasteiger partial charge in [0.25, 0.3) is 0 Å². The molecule has 0 amide bonds. The minimum absolute atomic E-state index is 0.367. The van der Waals surface area contributed by atoms with Crippen LogP contribution in [0.2, 0.25) is 0 Å². The second-order valence-electron chi connectivity index (χ2n) is 7.31. The molecule has 0 aromatic heterocycles. The molecule has 4 aromatic carbocycles. The molecule has 0 radical (unpaired) electrons. The predicted molar refractivity (Wildman–Crippen MR) is 122 cm³/mol. The van der Waals surface area contributed by atoms with Gasteiger partial charge >= 0.3 is 0 Å². The molecule has 0 saturated heterocycles. The van der Waals surface area contributed by atoms with Crippen molar-refractivity contribution in [1.82, 2.24) is 4.90 Å². The molecule has 0 heterocycles. The second-order valence-corrected chi connectivity index (χ2v) is 7.31. The highest BCUT2D eigenvalue weighted by atomic mass is 15.2. The van der Waals surface area contributed by atoms with E-state index in [4.69, 9.17) is 0 Å². The molecule has 1 nitrogen and oxygen atoms in total. The number of rotatable bonds is 7. The summed E-state index contributed by atoms with van der Waals surface area (Å²) >= 11 is 0. The van der Waals surface area contributed by atoms with Crippen LogP contribution in [0.4, 0.5) is 0 Å². The monoisotopic (exact) mass is 377 g/mol. The summed E-state index contributed by atoms with van der Waals surface area (Å²) in [5.74, 6) is 0. The van der Waals surface area contributed by atoms with Crippen LogP contribution in [0.25, 0.3) is 0 Å². The first kappa shape index (κ1) is 19.2. The number of nitrogens with zero attached hydrogens (tertiary/aromatic N) is 1. The van der Waals surface area contributed by atoms with Crippen LogP contribution in [0.15, 0.2) is 121 Å². The average molecular weight is 378 g/mol. The fourth-order valence-corrected chi connectivity index (χ4v) is 4.36. The molecule has 0 aliphatic carbocycles. The topological polar surface area (TPSA) is 3.24 Å². The third kappa shape index (κ3) is 3.74. The molecule has 4 aromatic rings. The Morgan fingerprint density at radius 2 is 0.862 bits per heavy atom. The minimum atomic E-state index is -0.367. The third-order valence-electron chi connectivity index (χ3n) is 5.65. The molecule has 144 valence electrons. The first-order valence-electron chi connectivity index (χ1n) is 10.3. The van der Waals surface area contributed by atoms with Crippen LogP contribution in [-0.4, -0.2) is 11.4 Å². The van der Waals surface area contributed by atoms with Crippen molar-refractivity contribution >= 4 is 0 Å². The van der Waals surface area contributed by atoms with Crippen molar-refractivity contribution < 1.29 is 0 Å². The number of hydrogen-bond donors (Lipinski definition) is 0. The molecule has 0 bridgehead atoms. The Bertz CT molecular complexity index is 898. The van der Waals surface area contributed by atoms with Gasteiger partial charge in [0.1, 0.15) is 0 Å². The Morgan fingerprint density at radius 3 is 1.21 bits per heavy atom. The van der Waals surface area contributed by atoms with Gasteiger partial charge in [-0.25, -0.2) is 0 Å². The van der Waals surface area contributed by atoms with Crippen molar-refractivity contribution in [3.8, 4) is 0 Å². The fourth-order valence-electron chi connectivity index (χ4n) is 4.36. The summed E-state index contributed by atoms with van der Waals surface area (Å²) < 4.78 is 0. The van der Waals surface area contributed by atoms with Crippen molar-refractivity contribution in [3.63, 3.8) is 0 Å². The summed E-state index contributed by atoms with van der Waals surface area (Å²) in [5.41, 5.74) is 4.82. The summed E-state index contributed by atoms with van der Waals surface area (Å²) in [6.45, 7) is 4.05. The van der Waals surface area contributed by atoms with Crippen LogP contribution in [0.3, 0.4) is 0 Å². The van der Waals surface area contributed by atoms with E-state index in [1.165, 1.54) is 22.3 Å². The highest BCUT2D eigenvalue weighted by molar-refractivity contribution is 5.49. The SMILES string of the molecule is CCN(Cc1ccccc1)C(c1ccccc1)(c1ccccc1)c1ccccc1. The third-order valence-corrected chi connectivity index (χ3v) is 5.65. The van der Waals surface area contributed by atoms with Crippen LogP contribution < -0.4 is 0 Å². The highest BCUT2D eigenvalue weighted by Crippen LogP contribution is 2.43. The van der Waals surface area contributed by atoms with Gasteiger partial charge in [-0.05, 0) is 28.8 Å². The summed E-state index contributed by atoms with van der Waals surface area (Å²) in [4.78, 5) is 2.59. The largest absolute Gasteiger partial charge is 0.282 e. The van der Waals surface area contributed by atoms with Gasteiger partial charge < -0.3 is 0 Å². The smallest absolute Gasteiger partial charge is 0.0975 e. The normalized spacial score (nSPS) is 11.5. The van der Waals surface area contributed by atoms with Crippen LogP contribution in [0, 0.1) is 0 Å². The Morgan fingerprint density at radius 1 is 0.517 bits per heavy atom. The Hall–Kier alpha value is -3.16. The second kappa shape index (κ2) is 8.89. The average Bonchev–Trinajstić information content (AvgIpc) is 2.82. The molecule has 0 fully saturated rings. The van der Waals surface area contributed by atoms with Gasteiger partial charge in [0.05, 0.1) is 5.54 Å².